The molecule has 1 amide bonds. The van der Waals surface area contributed by atoms with Crippen molar-refractivity contribution in [3.8, 4) is 17.0 Å². The zero-order chi connectivity index (χ0) is 21.4. The minimum absolute atomic E-state index is 0.0844. The Balaban J connectivity index is 1.52. The van der Waals surface area contributed by atoms with Gasteiger partial charge in [0.2, 0.25) is 0 Å². The number of imidazole rings is 1. The molecule has 0 fully saturated rings. The lowest BCUT2D eigenvalue weighted by atomic mass is 10.1. The van der Waals surface area contributed by atoms with Crippen molar-refractivity contribution in [2.24, 2.45) is 0 Å². The summed E-state index contributed by atoms with van der Waals surface area (Å²) in [5, 5.41) is 3.43. The van der Waals surface area contributed by atoms with Crippen molar-refractivity contribution in [1.82, 2.24) is 9.38 Å². The van der Waals surface area contributed by atoms with Crippen LogP contribution in [0, 0.1) is 0 Å². The van der Waals surface area contributed by atoms with Gasteiger partial charge in [0.25, 0.3) is 5.91 Å². The average Bonchev–Trinajstić information content (AvgIpc) is 3.23. The maximum Gasteiger partial charge on any atom is 0.349 e. The van der Waals surface area contributed by atoms with E-state index in [9.17, 15) is 9.59 Å². The third-order valence-electron chi connectivity index (χ3n) is 4.99. The fourth-order valence-electron chi connectivity index (χ4n) is 3.45. The van der Waals surface area contributed by atoms with Crippen LogP contribution in [0.15, 0.2) is 88.3 Å². The summed E-state index contributed by atoms with van der Waals surface area (Å²) in [5.74, 6) is -0.115. The maximum absolute atomic E-state index is 12.9. The second-order valence-electron chi connectivity index (χ2n) is 6.95. The molecule has 0 radical (unpaired) electrons. The number of nitrogens with one attached hydrogen (secondary N) is 1. The molecule has 0 aliphatic rings. The summed E-state index contributed by atoms with van der Waals surface area (Å²) >= 11 is 0. The molecule has 3 aromatic heterocycles. The van der Waals surface area contributed by atoms with Gasteiger partial charge in [-0.25, -0.2) is 9.78 Å². The molecule has 0 atom stereocenters. The largest absolute Gasteiger partial charge is 0.495 e. The zero-order valence-corrected chi connectivity index (χ0v) is 16.5. The molecule has 0 spiro atoms. The van der Waals surface area contributed by atoms with Crippen LogP contribution in [-0.4, -0.2) is 22.4 Å². The second kappa shape index (κ2) is 7.46. The van der Waals surface area contributed by atoms with E-state index in [-0.39, 0.29) is 5.56 Å². The molecule has 3 heterocycles. The molecule has 0 aliphatic carbocycles. The van der Waals surface area contributed by atoms with E-state index in [0.717, 1.165) is 16.9 Å². The fourth-order valence-corrected chi connectivity index (χ4v) is 3.45. The predicted molar refractivity (Wildman–Crippen MR) is 118 cm³/mol. The highest BCUT2D eigenvalue weighted by molar-refractivity contribution is 6.06. The molecule has 152 valence electrons. The van der Waals surface area contributed by atoms with Crippen LogP contribution in [0.1, 0.15) is 10.4 Å². The number of amides is 1. The molecule has 31 heavy (non-hydrogen) atoms. The van der Waals surface area contributed by atoms with Crippen molar-refractivity contribution in [1.29, 1.82) is 0 Å². The summed E-state index contributed by atoms with van der Waals surface area (Å²) in [4.78, 5) is 29.8. The predicted octanol–water partition coefficient (Wildman–Crippen LogP) is 4.37. The van der Waals surface area contributed by atoms with Gasteiger partial charge in [0, 0.05) is 23.3 Å². The summed E-state index contributed by atoms with van der Waals surface area (Å²) in [6, 6.07) is 19.7. The van der Waals surface area contributed by atoms with E-state index >= 15 is 0 Å². The van der Waals surface area contributed by atoms with Gasteiger partial charge < -0.3 is 18.9 Å². The van der Waals surface area contributed by atoms with E-state index in [1.807, 2.05) is 47.1 Å². The van der Waals surface area contributed by atoms with Crippen molar-refractivity contribution >= 4 is 28.2 Å². The van der Waals surface area contributed by atoms with Gasteiger partial charge >= 0.3 is 5.63 Å². The molecule has 7 nitrogen and oxygen atoms in total. The number of hydrogen-bond acceptors (Lipinski definition) is 5. The number of rotatable bonds is 4. The molecule has 1 N–H and O–H groups in total. The normalized spacial score (nSPS) is 11.0. The number of carbonyl (C=O) groups is 1. The molecule has 2 aromatic carbocycles. The number of para-hydroxylation sites is 1. The van der Waals surface area contributed by atoms with Gasteiger partial charge in [0.1, 0.15) is 22.5 Å². The quantitative estimate of drug-likeness (QED) is 0.444. The lowest BCUT2D eigenvalue weighted by Crippen LogP contribution is -2.21. The Morgan fingerprint density at radius 1 is 1.06 bits per heavy atom. The molecule has 0 saturated heterocycles. The molecule has 0 aliphatic heterocycles. The third-order valence-corrected chi connectivity index (χ3v) is 4.99. The van der Waals surface area contributed by atoms with Crippen LogP contribution < -0.4 is 15.7 Å². The number of nitrogens with zero attached hydrogens (tertiary/aromatic N) is 2. The van der Waals surface area contributed by atoms with E-state index in [4.69, 9.17) is 9.15 Å². The van der Waals surface area contributed by atoms with E-state index in [0.29, 0.717) is 22.4 Å². The third kappa shape index (κ3) is 3.42. The summed E-state index contributed by atoms with van der Waals surface area (Å²) < 4.78 is 12.6. The van der Waals surface area contributed by atoms with E-state index in [2.05, 4.69) is 10.3 Å². The minimum atomic E-state index is -0.702. The molecule has 7 heteroatoms. The number of ether oxygens (including phenoxy) is 1. The molecule has 0 saturated carbocycles. The molecule has 0 bridgehead atoms. The first kappa shape index (κ1) is 18.6. The first-order valence-corrected chi connectivity index (χ1v) is 9.59. The smallest absolute Gasteiger partial charge is 0.349 e. The second-order valence-corrected chi connectivity index (χ2v) is 6.95. The molecular weight excluding hydrogens is 394 g/mol. The van der Waals surface area contributed by atoms with Crippen LogP contribution in [0.5, 0.6) is 5.75 Å². The van der Waals surface area contributed by atoms with Crippen molar-refractivity contribution in [2.75, 3.05) is 12.4 Å². The Hall–Kier alpha value is -4.39. The van der Waals surface area contributed by atoms with Gasteiger partial charge in [-0.2, -0.15) is 0 Å². The highest BCUT2D eigenvalue weighted by atomic mass is 16.5. The number of anilines is 1. The molecule has 5 aromatic rings. The van der Waals surface area contributed by atoms with Crippen molar-refractivity contribution in [2.45, 2.75) is 0 Å². The van der Waals surface area contributed by atoms with Crippen LogP contribution in [0.2, 0.25) is 0 Å². The van der Waals surface area contributed by atoms with Crippen LogP contribution >= 0.6 is 0 Å². The van der Waals surface area contributed by atoms with Gasteiger partial charge in [-0.15, -0.1) is 0 Å². The number of methoxy groups -OCH3 is 1. The summed E-state index contributed by atoms with van der Waals surface area (Å²) in [6.07, 6.45) is 3.82. The SMILES string of the molecule is COc1ccc(-c2cn3ccccc3n2)cc1NC(=O)c1cc2ccccc2oc1=O. The zero-order valence-electron chi connectivity index (χ0n) is 16.5. The monoisotopic (exact) mass is 411 g/mol. The van der Waals surface area contributed by atoms with Crippen LogP contribution in [0.3, 0.4) is 0 Å². The van der Waals surface area contributed by atoms with Crippen LogP contribution in [-0.2, 0) is 0 Å². The lowest BCUT2D eigenvalue weighted by Gasteiger charge is -2.11. The van der Waals surface area contributed by atoms with Crippen molar-refractivity contribution < 1.29 is 13.9 Å². The highest BCUT2D eigenvalue weighted by Gasteiger charge is 2.17. The Kier molecular flexibility index (Phi) is 4.48. The molecule has 5 rings (SSSR count). The van der Waals surface area contributed by atoms with Crippen LogP contribution in [0.25, 0.3) is 27.9 Å². The van der Waals surface area contributed by atoms with Gasteiger partial charge in [-0.1, -0.05) is 24.3 Å². The number of hydrogen-bond donors (Lipinski definition) is 1. The number of fused-ring (bicyclic) bond motifs is 2. The Morgan fingerprint density at radius 2 is 1.90 bits per heavy atom. The number of carbonyl (C=O) groups excluding carboxylic acids is 1. The van der Waals surface area contributed by atoms with Gasteiger partial charge in [0.15, 0.2) is 0 Å². The van der Waals surface area contributed by atoms with Gasteiger partial charge in [-0.3, -0.25) is 4.79 Å². The fraction of sp³-hybridized carbons (Fsp3) is 0.0417. The standard InChI is InChI=1S/C24H17N3O4/c1-30-21-10-9-15(19-14-27-11-5-4-8-22(27)25-19)13-18(21)26-23(28)17-12-16-6-2-3-7-20(16)31-24(17)29/h2-14H,1H3,(H,26,28). The summed E-state index contributed by atoms with van der Waals surface area (Å²) in [6.45, 7) is 0. The summed E-state index contributed by atoms with van der Waals surface area (Å²) in [7, 11) is 1.51. The number of benzene rings is 2. The average molecular weight is 411 g/mol. The number of aromatic nitrogens is 2. The Labute approximate surface area is 176 Å². The highest BCUT2D eigenvalue weighted by Crippen LogP contribution is 2.31. The Morgan fingerprint density at radius 3 is 2.74 bits per heavy atom. The maximum atomic E-state index is 12.9. The van der Waals surface area contributed by atoms with Crippen molar-refractivity contribution in [3.05, 3.63) is 95.1 Å². The Bertz CT molecular complexity index is 1470. The van der Waals surface area contributed by atoms with E-state index < -0.39 is 11.5 Å². The summed E-state index contributed by atoms with van der Waals surface area (Å²) in [5.41, 5.74) is 2.42. The van der Waals surface area contributed by atoms with E-state index in [1.54, 1.807) is 30.3 Å². The topological polar surface area (TPSA) is 85.8 Å². The first-order chi connectivity index (χ1) is 15.1. The van der Waals surface area contributed by atoms with E-state index in [1.165, 1.54) is 13.2 Å². The molecular formula is C24H17N3O4. The van der Waals surface area contributed by atoms with Crippen molar-refractivity contribution in [3.63, 3.8) is 0 Å². The number of pyridine rings is 1. The lowest BCUT2D eigenvalue weighted by molar-refractivity contribution is 0.102. The van der Waals surface area contributed by atoms with Crippen LogP contribution in [0.4, 0.5) is 5.69 Å². The van der Waals surface area contributed by atoms with Gasteiger partial charge in [0.05, 0.1) is 18.5 Å². The first-order valence-electron chi connectivity index (χ1n) is 9.59. The minimum Gasteiger partial charge on any atom is -0.495 e. The van der Waals surface area contributed by atoms with Gasteiger partial charge in [-0.05, 0) is 42.5 Å². The molecule has 0 unspecified atom stereocenters.